The van der Waals surface area contributed by atoms with Gasteiger partial charge in [-0.05, 0) is 282 Å². The van der Waals surface area contributed by atoms with Crippen molar-refractivity contribution in [2.24, 2.45) is 0 Å². The van der Waals surface area contributed by atoms with Crippen LogP contribution in [0.1, 0.15) is 56.9 Å². The summed E-state index contributed by atoms with van der Waals surface area (Å²) in [4.78, 5) is 0. The first kappa shape index (κ1) is 68.4. The minimum Gasteiger partial charge on any atom is -0.537 e. The summed E-state index contributed by atoms with van der Waals surface area (Å²) in [6.07, 6.45) is 4.87. The van der Waals surface area contributed by atoms with E-state index in [1.807, 2.05) is 48.5 Å². The van der Waals surface area contributed by atoms with Crippen molar-refractivity contribution >= 4 is 153 Å². The van der Waals surface area contributed by atoms with E-state index >= 15 is 0 Å². The fourth-order valence-corrected chi connectivity index (χ4v) is 17.7. The monoisotopic (exact) mass is 1450 g/mol. The van der Waals surface area contributed by atoms with Crippen LogP contribution in [-0.2, 0) is 10.8 Å². The van der Waals surface area contributed by atoms with Crippen LogP contribution in [0.3, 0.4) is 0 Å². The van der Waals surface area contributed by atoms with Crippen LogP contribution in [-0.4, -0.2) is 12.7 Å². The number of halogens is 1. The number of rotatable bonds is 3. The zero-order chi connectivity index (χ0) is 74.3. The molecule has 0 aliphatic heterocycles. The first-order valence-corrected chi connectivity index (χ1v) is 37.1. The molecule has 2 aliphatic rings. The first-order valence-electron chi connectivity index (χ1n) is 36.3. The maximum Gasteiger partial charge on any atom is 0.569 e. The van der Waals surface area contributed by atoms with Crippen LogP contribution in [0.25, 0.3) is 163 Å². The molecule has 0 atom stereocenters. The molecule has 0 unspecified atom stereocenters. The van der Waals surface area contributed by atoms with Gasteiger partial charge in [0.1, 0.15) is 5.75 Å². The third-order valence-electron chi connectivity index (χ3n) is 21.7. The van der Waals surface area contributed by atoms with Gasteiger partial charge in [0.05, 0.1) is 0 Å². The predicted molar refractivity (Wildman–Crippen MR) is 467 cm³/mol. The molecule has 2 nitrogen and oxygen atoms in total. The summed E-state index contributed by atoms with van der Waals surface area (Å²) < 4.78 is 6.40. The molecule has 18 aromatic rings. The molecule has 18 aromatic carbocycles. The second-order valence-corrected chi connectivity index (χ2v) is 29.2. The molecular weight excluding hydrogens is 1380 g/mol. The van der Waals surface area contributed by atoms with E-state index in [0.29, 0.717) is 5.75 Å². The van der Waals surface area contributed by atoms with Gasteiger partial charge < -0.3 is 9.68 Å². The summed E-state index contributed by atoms with van der Waals surface area (Å²) in [6, 6.07) is 106. The Balaban J connectivity index is 0.000000118. The molecule has 507 valence electrons. The number of benzene rings is 18. The smallest absolute Gasteiger partial charge is 0.537 e. The lowest BCUT2D eigenvalue weighted by atomic mass is 9.76. The van der Waals surface area contributed by atoms with Crippen molar-refractivity contribution < 1.29 is 9.68 Å². The summed E-state index contributed by atoms with van der Waals surface area (Å²) in [5.41, 5.74) is 13.6. The Hall–Kier alpha value is -13.7. The minimum absolute atomic E-state index is 0.0953. The fraction of sp³-hybridized carbons (Fsp3) is 0.0667. The molecule has 0 heterocycles. The Morgan fingerprint density at radius 2 is 0.615 bits per heavy atom. The van der Waals surface area contributed by atoms with Gasteiger partial charge in [-0.1, -0.05) is 310 Å². The van der Waals surface area contributed by atoms with Crippen molar-refractivity contribution in [3.05, 3.63) is 318 Å². The van der Waals surface area contributed by atoms with E-state index in [-0.39, 0.29) is 10.8 Å². The molecule has 1 radical (unpaired) electrons. The van der Waals surface area contributed by atoms with Crippen LogP contribution in [0.4, 0.5) is 0 Å². The quantitative estimate of drug-likeness (QED) is 0.0827. The van der Waals surface area contributed by atoms with E-state index < -0.39 is 0 Å². The van der Waals surface area contributed by atoms with E-state index in [9.17, 15) is 0 Å². The van der Waals surface area contributed by atoms with E-state index in [1.54, 1.807) is 6.92 Å². The zero-order valence-electron chi connectivity index (χ0n) is 60.6. The molecule has 2 aliphatic carbocycles. The van der Waals surface area contributed by atoms with Crippen LogP contribution in [0.5, 0.6) is 5.75 Å². The van der Waals surface area contributed by atoms with Crippen molar-refractivity contribution in [1.82, 2.24) is 0 Å². The Morgan fingerprint density at radius 3 is 1.00 bits per heavy atom. The molecular formula is C105H65BBrO2. The third-order valence-corrected chi connectivity index (χ3v) is 22.2. The average molecular weight is 1450 g/mol. The minimum atomic E-state index is -0.200. The highest BCUT2D eigenvalue weighted by Gasteiger charge is 2.41. The highest BCUT2D eigenvalue weighted by atomic mass is 79.9. The average Bonchev–Trinajstić information content (AvgIpc) is 1.58. The molecule has 20 rings (SSSR count). The van der Waals surface area contributed by atoms with Crippen LogP contribution >= 0.6 is 15.9 Å². The van der Waals surface area contributed by atoms with Crippen molar-refractivity contribution in [3.8, 4) is 123 Å². The molecule has 1 N–H and O–H groups in total. The van der Waals surface area contributed by atoms with Crippen molar-refractivity contribution in [2.45, 2.75) is 45.4 Å². The number of hydrogen-bond acceptors (Lipinski definition) is 2. The molecule has 0 saturated heterocycles. The molecule has 0 spiro atoms. The van der Waals surface area contributed by atoms with Gasteiger partial charge in [0.15, 0.2) is 0 Å². The lowest BCUT2D eigenvalue weighted by Crippen LogP contribution is -2.16. The van der Waals surface area contributed by atoms with E-state index in [2.05, 4.69) is 363 Å². The second kappa shape index (κ2) is 28.6. The summed E-state index contributed by atoms with van der Waals surface area (Å²) in [6.45, 7) is 11.4. The molecule has 0 amide bonds. The van der Waals surface area contributed by atoms with Gasteiger partial charge in [-0.15, -0.1) is 6.42 Å². The van der Waals surface area contributed by atoms with E-state index in [1.165, 1.54) is 163 Å². The molecule has 109 heavy (non-hydrogen) atoms. The fourth-order valence-electron chi connectivity index (χ4n) is 17.3. The molecule has 4 heteroatoms. The standard InChI is InChI=1S/C45H30.C31H21Br.C15H4.C14H10BO2/c1-45(2)39-26-29(40-30-15-5-3-13-27(30)25-28-14-4-6-16-31(28)40)23-24-38(39)42-37-22-12-11-21-36(37)41-34-19-9-7-17-32(34)33-18-8-10-20-35(33)43(41)44(42)45;1-31(2)26-17-18(32)15-16-25(26)28-24-14-8-7-13-23(24)27-21-11-5-3-9-19(21)20-10-4-6-12-22(20)29(27)30(28)31;1-3-5-7-9-11-13-15-14-12-10-8-6-4-2;16-15-17-14-12-7-3-1-5-10(12)9-11-6-2-4-8-13(11)14/h3-26H,1-2H3;3-17H,1-2H3;1H,2H3;1-9,16H. The summed E-state index contributed by atoms with van der Waals surface area (Å²) in [5, 5.41) is 39.9. The van der Waals surface area contributed by atoms with Gasteiger partial charge in [-0.2, -0.15) is 0 Å². The number of terminal acetylenes is 1. The Kier molecular flexibility index (Phi) is 18.0. The van der Waals surface area contributed by atoms with Gasteiger partial charge >= 0.3 is 7.69 Å². The first-order chi connectivity index (χ1) is 53.5. The maximum atomic E-state index is 8.89. The SMILES string of the molecule is C#CC#CC#CC#CC#CC#CC#CC.CC1(C)c2cc(-c3c4ccccc4cc4ccccc34)ccc2-c2c1c1c3ccccc3c3ccccc3c1c1ccccc21.CC1(C)c2cc(Br)ccc2-c2c1c1c3ccccc3c3ccccc3c1c1ccccc21.O[B]Oc1c2ccccc2cc2ccccc12. The van der Waals surface area contributed by atoms with Gasteiger partial charge in [0.2, 0.25) is 0 Å². The van der Waals surface area contributed by atoms with Crippen molar-refractivity contribution in [1.29, 1.82) is 0 Å². The van der Waals surface area contributed by atoms with Crippen LogP contribution in [0.15, 0.2) is 296 Å². The van der Waals surface area contributed by atoms with Crippen LogP contribution < -0.4 is 4.65 Å². The second-order valence-electron chi connectivity index (χ2n) is 28.3. The van der Waals surface area contributed by atoms with Crippen molar-refractivity contribution in [3.63, 3.8) is 0 Å². The highest BCUT2D eigenvalue weighted by molar-refractivity contribution is 9.10. The molecule has 0 bridgehead atoms. The largest absolute Gasteiger partial charge is 0.569 e. The van der Waals surface area contributed by atoms with Gasteiger partial charge in [0, 0.05) is 26.1 Å². The van der Waals surface area contributed by atoms with E-state index in [4.69, 9.17) is 16.1 Å². The zero-order valence-corrected chi connectivity index (χ0v) is 62.2. The number of fused-ring (bicyclic) bond motifs is 30. The Labute approximate surface area is 643 Å². The lowest BCUT2D eigenvalue weighted by molar-refractivity contribution is 0.459. The number of hydrogen-bond donors (Lipinski definition) is 1. The van der Waals surface area contributed by atoms with Crippen molar-refractivity contribution in [2.75, 3.05) is 0 Å². The predicted octanol–water partition coefficient (Wildman–Crippen LogP) is 25.5. The highest BCUT2D eigenvalue weighted by Crippen LogP contribution is 2.60. The molecule has 0 fully saturated rings. The maximum absolute atomic E-state index is 8.89. The van der Waals surface area contributed by atoms with E-state index in [0.717, 1.165) is 33.7 Å². The topological polar surface area (TPSA) is 29.5 Å². The van der Waals surface area contributed by atoms with Crippen LogP contribution in [0.2, 0.25) is 0 Å². The van der Waals surface area contributed by atoms with Crippen LogP contribution in [0, 0.1) is 83.4 Å². The normalized spacial score (nSPS) is 12.1. The Morgan fingerprint density at radius 1 is 0.312 bits per heavy atom. The molecule has 0 aromatic heterocycles. The summed E-state index contributed by atoms with van der Waals surface area (Å²) in [5.74, 6) is 32.6. The third kappa shape index (κ3) is 11.8. The Bertz CT molecular complexity index is 7290. The van der Waals surface area contributed by atoms with Gasteiger partial charge in [-0.3, -0.25) is 0 Å². The van der Waals surface area contributed by atoms with Gasteiger partial charge in [0.25, 0.3) is 0 Å². The lowest BCUT2D eigenvalue weighted by Gasteiger charge is -2.26. The molecule has 0 saturated carbocycles. The van der Waals surface area contributed by atoms with Gasteiger partial charge in [-0.25, -0.2) is 0 Å². The summed E-state index contributed by atoms with van der Waals surface area (Å²) in [7, 11) is 0.730. The summed E-state index contributed by atoms with van der Waals surface area (Å²) >= 11 is 3.73.